The van der Waals surface area contributed by atoms with Crippen LogP contribution in [0.4, 0.5) is 5.69 Å². The highest BCUT2D eigenvalue weighted by atomic mass is 79.9. The summed E-state index contributed by atoms with van der Waals surface area (Å²) in [6.45, 7) is 0. The van der Waals surface area contributed by atoms with Gasteiger partial charge in [0, 0.05) is 16.4 Å². The fraction of sp³-hybridized carbons (Fsp3) is 0.429. The van der Waals surface area contributed by atoms with Gasteiger partial charge >= 0.3 is 0 Å². The Morgan fingerprint density at radius 3 is 2.95 bits per heavy atom. The first kappa shape index (κ1) is 13.9. The maximum atomic E-state index is 11.3. The molecule has 19 heavy (non-hydrogen) atoms. The second-order valence-corrected chi connectivity index (χ2v) is 5.82. The summed E-state index contributed by atoms with van der Waals surface area (Å²) in [7, 11) is 0. The first-order chi connectivity index (χ1) is 9.10. The van der Waals surface area contributed by atoms with Crippen LogP contribution in [0.1, 0.15) is 31.2 Å². The van der Waals surface area contributed by atoms with E-state index in [1.807, 2.05) is 12.1 Å². The molecular weight excluding hydrogens is 306 g/mol. The largest absolute Gasteiger partial charge is 0.381 e. The van der Waals surface area contributed by atoms with Crippen LogP contribution >= 0.6 is 15.9 Å². The quantitative estimate of drug-likeness (QED) is 0.898. The molecule has 2 rings (SSSR count). The molecule has 1 saturated carbocycles. The first-order valence-electron chi connectivity index (χ1n) is 6.35. The molecule has 1 fully saturated rings. The molecule has 0 bridgehead atoms. The molecule has 0 aromatic heterocycles. The first-order valence-corrected chi connectivity index (χ1v) is 7.15. The summed E-state index contributed by atoms with van der Waals surface area (Å²) in [4.78, 5) is 11.3. The molecule has 100 valence electrons. The van der Waals surface area contributed by atoms with Crippen molar-refractivity contribution in [1.29, 1.82) is 5.26 Å². The zero-order chi connectivity index (χ0) is 13.8. The van der Waals surface area contributed by atoms with E-state index in [1.54, 1.807) is 6.07 Å². The van der Waals surface area contributed by atoms with Gasteiger partial charge in [0.2, 0.25) is 5.91 Å². The van der Waals surface area contributed by atoms with E-state index < -0.39 is 0 Å². The molecule has 4 nitrogen and oxygen atoms in total. The number of anilines is 1. The highest BCUT2D eigenvalue weighted by Crippen LogP contribution is 2.28. The number of amides is 1. The van der Waals surface area contributed by atoms with E-state index in [-0.39, 0.29) is 17.9 Å². The number of benzene rings is 1. The Kier molecular flexibility index (Phi) is 4.43. The zero-order valence-electron chi connectivity index (χ0n) is 10.5. The Balaban J connectivity index is 2.09. The highest BCUT2D eigenvalue weighted by molar-refractivity contribution is 9.10. The van der Waals surface area contributed by atoms with Gasteiger partial charge in [0.1, 0.15) is 6.07 Å². The molecule has 1 aromatic rings. The van der Waals surface area contributed by atoms with Gasteiger partial charge in [0.15, 0.2) is 0 Å². The minimum Gasteiger partial charge on any atom is -0.381 e. The zero-order valence-corrected chi connectivity index (χ0v) is 12.1. The lowest BCUT2D eigenvalue weighted by Crippen LogP contribution is -2.34. The van der Waals surface area contributed by atoms with Crippen molar-refractivity contribution in [2.24, 2.45) is 11.7 Å². The molecule has 3 N–H and O–H groups in total. The molecule has 0 aliphatic heterocycles. The predicted molar refractivity (Wildman–Crippen MR) is 77.4 cm³/mol. The molecule has 1 aliphatic rings. The van der Waals surface area contributed by atoms with Gasteiger partial charge in [-0.15, -0.1) is 0 Å². The SMILES string of the molecule is N#Cc1cc(Br)ccc1N[C@H]1CCC[C@@H](C(N)=O)C1. The number of hydrogen-bond acceptors (Lipinski definition) is 3. The molecule has 0 heterocycles. The average molecular weight is 322 g/mol. The lowest BCUT2D eigenvalue weighted by atomic mass is 9.85. The molecule has 1 aliphatic carbocycles. The summed E-state index contributed by atoms with van der Waals surface area (Å²) in [6, 6.07) is 7.96. The van der Waals surface area contributed by atoms with Crippen molar-refractivity contribution >= 4 is 27.5 Å². The number of carbonyl (C=O) groups is 1. The second-order valence-electron chi connectivity index (χ2n) is 4.91. The molecule has 0 unspecified atom stereocenters. The maximum Gasteiger partial charge on any atom is 0.220 e. The van der Waals surface area contributed by atoms with E-state index in [0.717, 1.165) is 35.8 Å². The van der Waals surface area contributed by atoms with E-state index in [2.05, 4.69) is 27.3 Å². The Morgan fingerprint density at radius 2 is 2.26 bits per heavy atom. The van der Waals surface area contributed by atoms with E-state index in [1.165, 1.54) is 0 Å². The third-order valence-corrected chi connectivity index (χ3v) is 4.03. The molecule has 0 saturated heterocycles. The van der Waals surface area contributed by atoms with Gasteiger partial charge in [-0.05, 0) is 37.5 Å². The number of carbonyl (C=O) groups excluding carboxylic acids is 1. The van der Waals surface area contributed by atoms with Crippen LogP contribution in [0.25, 0.3) is 0 Å². The summed E-state index contributed by atoms with van der Waals surface area (Å²) in [5.41, 5.74) is 6.80. The van der Waals surface area contributed by atoms with Crippen LogP contribution < -0.4 is 11.1 Å². The number of nitriles is 1. The van der Waals surface area contributed by atoms with Crippen molar-refractivity contribution < 1.29 is 4.79 Å². The van der Waals surface area contributed by atoms with Gasteiger partial charge in [0.25, 0.3) is 0 Å². The van der Waals surface area contributed by atoms with Gasteiger partial charge < -0.3 is 11.1 Å². The third-order valence-electron chi connectivity index (χ3n) is 3.54. The van der Waals surface area contributed by atoms with Gasteiger partial charge in [-0.1, -0.05) is 22.4 Å². The van der Waals surface area contributed by atoms with E-state index in [4.69, 9.17) is 11.0 Å². The predicted octanol–water partition coefficient (Wildman–Crippen LogP) is 2.78. The highest BCUT2D eigenvalue weighted by Gasteiger charge is 2.25. The lowest BCUT2D eigenvalue weighted by Gasteiger charge is -2.29. The number of nitrogens with zero attached hydrogens (tertiary/aromatic N) is 1. The summed E-state index contributed by atoms with van der Waals surface area (Å²) in [6.07, 6.45) is 3.61. The summed E-state index contributed by atoms with van der Waals surface area (Å²) in [5, 5.41) is 12.5. The third kappa shape index (κ3) is 3.48. The summed E-state index contributed by atoms with van der Waals surface area (Å²) in [5.74, 6) is -0.268. The van der Waals surface area contributed by atoms with Crippen LogP contribution in [0.2, 0.25) is 0 Å². The van der Waals surface area contributed by atoms with Crippen molar-refractivity contribution in [3.8, 4) is 6.07 Å². The van der Waals surface area contributed by atoms with Crippen LogP contribution in [-0.4, -0.2) is 11.9 Å². The maximum absolute atomic E-state index is 11.3. The van der Waals surface area contributed by atoms with Crippen molar-refractivity contribution in [1.82, 2.24) is 0 Å². The van der Waals surface area contributed by atoms with E-state index >= 15 is 0 Å². The number of halogens is 1. The lowest BCUT2D eigenvalue weighted by molar-refractivity contribution is -0.122. The normalized spacial score (nSPS) is 22.5. The van der Waals surface area contributed by atoms with Crippen molar-refractivity contribution in [3.63, 3.8) is 0 Å². The second kappa shape index (κ2) is 6.07. The standard InChI is InChI=1S/C14H16BrN3O/c15-11-4-5-13(10(6-11)8-16)18-12-3-1-2-9(7-12)14(17)19/h4-6,9,12,18H,1-3,7H2,(H2,17,19)/t9-,12+/m1/s1. The number of hydrogen-bond donors (Lipinski definition) is 2. The van der Waals surface area contributed by atoms with Crippen molar-refractivity contribution in [2.45, 2.75) is 31.7 Å². The van der Waals surface area contributed by atoms with E-state index in [9.17, 15) is 4.79 Å². The minimum absolute atomic E-state index is 0.0489. The van der Waals surface area contributed by atoms with Crippen molar-refractivity contribution in [3.05, 3.63) is 28.2 Å². The van der Waals surface area contributed by atoms with Crippen LogP contribution in [0.15, 0.2) is 22.7 Å². The summed E-state index contributed by atoms with van der Waals surface area (Å²) < 4.78 is 0.883. The fourth-order valence-electron chi connectivity index (χ4n) is 2.53. The molecule has 0 radical (unpaired) electrons. The number of primary amides is 1. The van der Waals surface area contributed by atoms with Crippen LogP contribution in [-0.2, 0) is 4.79 Å². The van der Waals surface area contributed by atoms with Crippen LogP contribution in [0, 0.1) is 17.2 Å². The van der Waals surface area contributed by atoms with E-state index in [0.29, 0.717) is 5.56 Å². The van der Waals surface area contributed by atoms with Gasteiger partial charge in [-0.25, -0.2) is 0 Å². The monoisotopic (exact) mass is 321 g/mol. The van der Waals surface area contributed by atoms with Crippen LogP contribution in [0.5, 0.6) is 0 Å². The number of nitrogens with two attached hydrogens (primary N) is 1. The Labute approximate surface area is 121 Å². The molecular formula is C14H16BrN3O. The molecule has 5 heteroatoms. The van der Waals surface area contributed by atoms with Gasteiger partial charge in [0.05, 0.1) is 11.3 Å². The fourth-order valence-corrected chi connectivity index (χ4v) is 2.90. The smallest absolute Gasteiger partial charge is 0.220 e. The van der Waals surface area contributed by atoms with Crippen molar-refractivity contribution in [2.75, 3.05) is 5.32 Å². The number of rotatable bonds is 3. The minimum atomic E-state index is -0.220. The average Bonchev–Trinajstić information content (AvgIpc) is 2.41. The number of nitrogens with one attached hydrogen (secondary N) is 1. The molecule has 1 amide bonds. The Bertz CT molecular complexity index is 524. The van der Waals surface area contributed by atoms with Crippen LogP contribution in [0.3, 0.4) is 0 Å². The molecule has 0 spiro atoms. The summed E-state index contributed by atoms with van der Waals surface area (Å²) >= 11 is 3.35. The Morgan fingerprint density at radius 1 is 1.47 bits per heavy atom. The molecule has 2 atom stereocenters. The topological polar surface area (TPSA) is 78.9 Å². The van der Waals surface area contributed by atoms with Gasteiger partial charge in [-0.2, -0.15) is 5.26 Å². The van der Waals surface area contributed by atoms with Gasteiger partial charge in [-0.3, -0.25) is 4.79 Å². The molecule has 1 aromatic carbocycles. The Hall–Kier alpha value is -1.54.